The highest BCUT2D eigenvalue weighted by molar-refractivity contribution is 6.03. The summed E-state index contributed by atoms with van der Waals surface area (Å²) < 4.78 is 0. The van der Waals surface area contributed by atoms with Crippen LogP contribution in [0.15, 0.2) is 29.1 Å². The molecule has 0 saturated heterocycles. The minimum Gasteiger partial charge on any atom is -0.355 e. The highest BCUT2D eigenvalue weighted by atomic mass is 16.2. The van der Waals surface area contributed by atoms with Gasteiger partial charge < -0.3 is 15.6 Å². The van der Waals surface area contributed by atoms with Gasteiger partial charge in [-0.2, -0.15) is 0 Å². The lowest BCUT2D eigenvalue weighted by atomic mass is 10.1. The number of benzene rings is 1. The largest absolute Gasteiger partial charge is 0.355 e. The molecule has 1 aromatic carbocycles. The van der Waals surface area contributed by atoms with E-state index < -0.39 is 0 Å². The Morgan fingerprint density at radius 2 is 1.92 bits per heavy atom. The Kier molecular flexibility index (Phi) is 5.47. The first-order valence-corrected chi connectivity index (χ1v) is 7.59. The van der Waals surface area contributed by atoms with Crippen molar-refractivity contribution in [2.24, 2.45) is 0 Å². The summed E-state index contributed by atoms with van der Waals surface area (Å²) in [5, 5.41) is 5.24. The number of rotatable bonds is 5. The lowest BCUT2D eigenvalue weighted by molar-refractivity contribution is -0.116. The van der Waals surface area contributed by atoms with E-state index in [2.05, 4.69) is 20.6 Å². The van der Waals surface area contributed by atoms with E-state index in [0.717, 1.165) is 0 Å². The predicted molar refractivity (Wildman–Crippen MR) is 91.1 cm³/mol. The summed E-state index contributed by atoms with van der Waals surface area (Å²) in [6.07, 6.45) is 0.402. The summed E-state index contributed by atoms with van der Waals surface area (Å²) in [5.74, 6) is -0.00291. The molecule has 2 amide bonds. The van der Waals surface area contributed by atoms with Crippen molar-refractivity contribution in [3.05, 3.63) is 57.3 Å². The SMILES string of the molecule is CNC(=O)c1ccccc1NC(=O)CCc1c(C)nc(C)[nH]c1=O. The molecule has 2 rings (SSSR count). The van der Waals surface area contributed by atoms with Crippen LogP contribution in [0.4, 0.5) is 5.69 Å². The molecule has 0 radical (unpaired) electrons. The third-order valence-corrected chi connectivity index (χ3v) is 3.62. The number of carbonyl (C=O) groups is 2. The van der Waals surface area contributed by atoms with Crippen LogP contribution < -0.4 is 16.2 Å². The highest BCUT2D eigenvalue weighted by Crippen LogP contribution is 2.15. The lowest BCUT2D eigenvalue weighted by Crippen LogP contribution is -2.23. The van der Waals surface area contributed by atoms with Gasteiger partial charge in [-0.05, 0) is 32.4 Å². The number of aromatic nitrogens is 2. The molecule has 1 heterocycles. The molecule has 0 bridgehead atoms. The maximum absolute atomic E-state index is 12.2. The van der Waals surface area contributed by atoms with E-state index in [1.54, 1.807) is 38.1 Å². The number of anilines is 1. The fraction of sp³-hybridized carbons (Fsp3) is 0.294. The Labute approximate surface area is 139 Å². The van der Waals surface area contributed by atoms with Crippen molar-refractivity contribution < 1.29 is 9.59 Å². The average Bonchev–Trinajstić information content (AvgIpc) is 2.53. The number of para-hydroxylation sites is 1. The fourth-order valence-electron chi connectivity index (χ4n) is 2.42. The van der Waals surface area contributed by atoms with Gasteiger partial charge in [0.25, 0.3) is 11.5 Å². The van der Waals surface area contributed by atoms with Crippen molar-refractivity contribution in [1.29, 1.82) is 0 Å². The van der Waals surface area contributed by atoms with Gasteiger partial charge in [0.15, 0.2) is 0 Å². The normalized spacial score (nSPS) is 10.3. The molecule has 0 spiro atoms. The number of nitrogens with one attached hydrogen (secondary N) is 3. The summed E-state index contributed by atoms with van der Waals surface area (Å²) in [5.41, 5.74) is 1.72. The Hall–Kier alpha value is -2.96. The van der Waals surface area contributed by atoms with Crippen LogP contribution in [0.25, 0.3) is 0 Å². The monoisotopic (exact) mass is 328 g/mol. The van der Waals surface area contributed by atoms with Crippen LogP contribution in [0.5, 0.6) is 0 Å². The molecule has 2 aromatic rings. The van der Waals surface area contributed by atoms with Gasteiger partial charge in [-0.25, -0.2) is 4.98 Å². The van der Waals surface area contributed by atoms with Crippen LogP contribution in [0, 0.1) is 13.8 Å². The minimum atomic E-state index is -0.277. The highest BCUT2D eigenvalue weighted by Gasteiger charge is 2.13. The maximum Gasteiger partial charge on any atom is 0.254 e. The predicted octanol–water partition coefficient (Wildman–Crippen LogP) is 1.32. The second kappa shape index (κ2) is 7.54. The van der Waals surface area contributed by atoms with Crippen molar-refractivity contribution >= 4 is 17.5 Å². The first kappa shape index (κ1) is 17.4. The van der Waals surface area contributed by atoms with Gasteiger partial charge in [-0.1, -0.05) is 12.1 Å². The molecule has 3 N–H and O–H groups in total. The van der Waals surface area contributed by atoms with E-state index in [-0.39, 0.29) is 30.2 Å². The first-order valence-electron chi connectivity index (χ1n) is 7.59. The zero-order chi connectivity index (χ0) is 17.7. The van der Waals surface area contributed by atoms with Gasteiger partial charge in [0.05, 0.1) is 11.3 Å². The summed E-state index contributed by atoms with van der Waals surface area (Å²) in [4.78, 5) is 42.7. The molecule has 0 saturated carbocycles. The van der Waals surface area contributed by atoms with E-state index >= 15 is 0 Å². The molecular weight excluding hydrogens is 308 g/mol. The van der Waals surface area contributed by atoms with Crippen LogP contribution in [0.3, 0.4) is 0 Å². The molecule has 0 fully saturated rings. The average molecular weight is 328 g/mol. The Bertz CT molecular complexity index is 827. The smallest absolute Gasteiger partial charge is 0.254 e. The van der Waals surface area contributed by atoms with E-state index in [1.807, 2.05) is 0 Å². The third-order valence-electron chi connectivity index (χ3n) is 3.62. The van der Waals surface area contributed by atoms with Gasteiger partial charge in [0.1, 0.15) is 5.82 Å². The number of amides is 2. The van der Waals surface area contributed by atoms with E-state index in [4.69, 9.17) is 0 Å². The minimum absolute atomic E-state index is 0.122. The molecule has 24 heavy (non-hydrogen) atoms. The molecule has 126 valence electrons. The number of hydrogen-bond donors (Lipinski definition) is 3. The summed E-state index contributed by atoms with van der Waals surface area (Å²) >= 11 is 0. The number of hydrogen-bond acceptors (Lipinski definition) is 4. The topological polar surface area (TPSA) is 104 Å². The molecule has 0 aliphatic heterocycles. The Morgan fingerprint density at radius 1 is 1.21 bits per heavy atom. The molecule has 7 nitrogen and oxygen atoms in total. The second-order valence-corrected chi connectivity index (χ2v) is 5.39. The molecule has 0 atom stereocenters. The van der Waals surface area contributed by atoms with Crippen LogP contribution >= 0.6 is 0 Å². The Balaban J connectivity index is 2.08. The number of carbonyl (C=O) groups excluding carboxylic acids is 2. The molecular formula is C17H20N4O3. The number of H-pyrrole nitrogens is 1. The van der Waals surface area contributed by atoms with Gasteiger partial charge in [0.2, 0.25) is 5.91 Å². The summed E-state index contributed by atoms with van der Waals surface area (Å²) in [6, 6.07) is 6.75. The van der Waals surface area contributed by atoms with Crippen molar-refractivity contribution in [3.63, 3.8) is 0 Å². The van der Waals surface area contributed by atoms with Gasteiger partial charge in [0, 0.05) is 24.7 Å². The van der Waals surface area contributed by atoms with E-state index in [0.29, 0.717) is 28.3 Å². The zero-order valence-electron chi connectivity index (χ0n) is 13.9. The van der Waals surface area contributed by atoms with Gasteiger partial charge in [-0.3, -0.25) is 14.4 Å². The van der Waals surface area contributed by atoms with E-state index in [9.17, 15) is 14.4 Å². The van der Waals surface area contributed by atoms with E-state index in [1.165, 1.54) is 7.05 Å². The standard InChI is InChI=1S/C17H20N4O3/c1-10-12(17(24)20-11(2)19-10)8-9-15(22)21-14-7-5-4-6-13(14)16(23)18-3/h4-7H,8-9H2,1-3H3,(H,18,23)(H,21,22)(H,19,20,24). The fourth-order valence-corrected chi connectivity index (χ4v) is 2.42. The molecule has 7 heteroatoms. The summed E-state index contributed by atoms with van der Waals surface area (Å²) in [7, 11) is 1.53. The third kappa shape index (κ3) is 4.07. The number of aryl methyl sites for hydroxylation is 2. The van der Waals surface area contributed by atoms with Crippen molar-refractivity contribution in [1.82, 2.24) is 15.3 Å². The van der Waals surface area contributed by atoms with Crippen molar-refractivity contribution in [3.8, 4) is 0 Å². The number of nitrogens with zero attached hydrogens (tertiary/aromatic N) is 1. The zero-order valence-corrected chi connectivity index (χ0v) is 13.9. The van der Waals surface area contributed by atoms with Crippen molar-refractivity contribution in [2.75, 3.05) is 12.4 Å². The van der Waals surface area contributed by atoms with Gasteiger partial charge >= 0.3 is 0 Å². The maximum atomic E-state index is 12.2. The lowest BCUT2D eigenvalue weighted by Gasteiger charge is -2.10. The van der Waals surface area contributed by atoms with Crippen LogP contribution in [0.1, 0.15) is 33.9 Å². The molecule has 1 aromatic heterocycles. The Morgan fingerprint density at radius 3 is 2.58 bits per heavy atom. The van der Waals surface area contributed by atoms with Crippen molar-refractivity contribution in [2.45, 2.75) is 26.7 Å². The van der Waals surface area contributed by atoms with Crippen LogP contribution in [-0.2, 0) is 11.2 Å². The molecule has 0 aliphatic carbocycles. The molecule has 0 unspecified atom stereocenters. The summed E-state index contributed by atoms with van der Waals surface area (Å²) in [6.45, 7) is 3.46. The number of aromatic amines is 1. The van der Waals surface area contributed by atoms with Gasteiger partial charge in [-0.15, -0.1) is 0 Å². The van der Waals surface area contributed by atoms with Crippen LogP contribution in [-0.4, -0.2) is 28.8 Å². The first-order chi connectivity index (χ1) is 11.4. The second-order valence-electron chi connectivity index (χ2n) is 5.39. The van der Waals surface area contributed by atoms with Crippen LogP contribution in [0.2, 0.25) is 0 Å². The quantitative estimate of drug-likeness (QED) is 0.770. The molecule has 0 aliphatic rings.